The van der Waals surface area contributed by atoms with Crippen LogP contribution in [-0.4, -0.2) is 27.1 Å². The van der Waals surface area contributed by atoms with Gasteiger partial charge in [0.2, 0.25) is 0 Å². The van der Waals surface area contributed by atoms with Crippen LogP contribution in [-0.2, 0) is 11.2 Å². The van der Waals surface area contributed by atoms with Crippen LogP contribution in [0.1, 0.15) is 18.2 Å². The number of aromatic nitrogens is 2. The summed E-state index contributed by atoms with van der Waals surface area (Å²) in [6.07, 6.45) is 4.30. The predicted octanol–water partition coefficient (Wildman–Crippen LogP) is 2.69. The smallest absolute Gasteiger partial charge is 0.326 e. The highest BCUT2D eigenvalue weighted by molar-refractivity contribution is 7.18. The van der Waals surface area contributed by atoms with E-state index in [0.717, 1.165) is 16.6 Å². The quantitative estimate of drug-likeness (QED) is 0.794. The van der Waals surface area contributed by atoms with Gasteiger partial charge < -0.3 is 10.4 Å². The summed E-state index contributed by atoms with van der Waals surface area (Å²) in [5.41, 5.74) is 0. The molecular formula is C13H15N3O2S. The van der Waals surface area contributed by atoms with Gasteiger partial charge in [-0.1, -0.05) is 13.0 Å². The lowest BCUT2D eigenvalue weighted by molar-refractivity contribution is -0.137. The van der Waals surface area contributed by atoms with E-state index in [-0.39, 0.29) is 0 Å². The first-order chi connectivity index (χ1) is 9.15. The van der Waals surface area contributed by atoms with Crippen molar-refractivity contribution in [1.82, 2.24) is 9.97 Å². The number of hydrogen-bond acceptors (Lipinski definition) is 5. The number of carbonyl (C=O) groups is 1. The lowest BCUT2D eigenvalue weighted by Crippen LogP contribution is -2.29. The molecule has 2 N–H and O–H groups in total. The van der Waals surface area contributed by atoms with Gasteiger partial charge in [-0.3, -0.25) is 0 Å². The van der Waals surface area contributed by atoms with Gasteiger partial charge in [-0.05, 0) is 18.9 Å². The SMILES string of the molecule is C=CCC(Nc1ncnc2sc(CC)cc12)C(=O)O. The van der Waals surface area contributed by atoms with Gasteiger partial charge in [0, 0.05) is 4.88 Å². The van der Waals surface area contributed by atoms with Gasteiger partial charge in [0.1, 0.15) is 23.0 Å². The number of anilines is 1. The molecule has 0 amide bonds. The molecule has 0 saturated heterocycles. The second kappa shape index (κ2) is 5.79. The van der Waals surface area contributed by atoms with Crippen LogP contribution >= 0.6 is 11.3 Å². The molecule has 2 heterocycles. The first-order valence-corrected chi connectivity index (χ1v) is 6.81. The number of hydrogen-bond donors (Lipinski definition) is 2. The van der Waals surface area contributed by atoms with E-state index >= 15 is 0 Å². The summed E-state index contributed by atoms with van der Waals surface area (Å²) in [4.78, 5) is 21.6. The first-order valence-electron chi connectivity index (χ1n) is 5.99. The minimum atomic E-state index is -0.919. The summed E-state index contributed by atoms with van der Waals surface area (Å²) in [7, 11) is 0. The molecule has 0 spiro atoms. The van der Waals surface area contributed by atoms with Crippen molar-refractivity contribution in [3.8, 4) is 0 Å². The molecule has 0 aromatic carbocycles. The Morgan fingerprint density at radius 3 is 3.05 bits per heavy atom. The summed E-state index contributed by atoms with van der Waals surface area (Å²) in [5.74, 6) is -0.354. The number of fused-ring (bicyclic) bond motifs is 1. The van der Waals surface area contributed by atoms with Crippen molar-refractivity contribution < 1.29 is 9.90 Å². The van der Waals surface area contributed by atoms with Gasteiger partial charge in [0.05, 0.1) is 5.39 Å². The van der Waals surface area contributed by atoms with Gasteiger partial charge >= 0.3 is 5.97 Å². The summed E-state index contributed by atoms with van der Waals surface area (Å²) >= 11 is 1.60. The standard InChI is InChI=1S/C13H15N3O2S/c1-3-5-10(13(17)18)16-11-9-6-8(4-2)19-12(9)15-7-14-11/h3,6-7,10H,1,4-5H2,2H3,(H,17,18)(H,14,15,16). The normalized spacial score (nSPS) is 12.3. The predicted molar refractivity (Wildman–Crippen MR) is 76.7 cm³/mol. The van der Waals surface area contributed by atoms with Crippen molar-refractivity contribution in [2.75, 3.05) is 5.32 Å². The second-order valence-electron chi connectivity index (χ2n) is 4.07. The maximum absolute atomic E-state index is 11.1. The molecule has 0 bridgehead atoms. The first kappa shape index (κ1) is 13.5. The molecule has 0 saturated carbocycles. The monoisotopic (exact) mass is 277 g/mol. The van der Waals surface area contributed by atoms with Crippen LogP contribution in [0.4, 0.5) is 5.82 Å². The van der Waals surface area contributed by atoms with E-state index in [1.54, 1.807) is 17.4 Å². The largest absolute Gasteiger partial charge is 0.480 e. The summed E-state index contributed by atoms with van der Waals surface area (Å²) < 4.78 is 0. The summed E-state index contributed by atoms with van der Waals surface area (Å²) in [5, 5.41) is 13.0. The number of aryl methyl sites for hydroxylation is 1. The number of thiophene rings is 1. The molecule has 0 fully saturated rings. The van der Waals surface area contributed by atoms with E-state index in [1.165, 1.54) is 11.2 Å². The van der Waals surface area contributed by atoms with Crippen LogP contribution in [0, 0.1) is 0 Å². The third kappa shape index (κ3) is 2.90. The van der Waals surface area contributed by atoms with E-state index in [0.29, 0.717) is 12.2 Å². The fraction of sp³-hybridized carbons (Fsp3) is 0.308. The Hall–Kier alpha value is -1.95. The maximum Gasteiger partial charge on any atom is 0.326 e. The van der Waals surface area contributed by atoms with Gasteiger partial charge in [0.15, 0.2) is 0 Å². The number of carboxylic acids is 1. The molecule has 2 aromatic heterocycles. The van der Waals surface area contributed by atoms with Crippen LogP contribution in [0.25, 0.3) is 10.2 Å². The summed E-state index contributed by atoms with van der Waals surface area (Å²) in [6.45, 7) is 5.64. The molecule has 5 nitrogen and oxygen atoms in total. The Morgan fingerprint density at radius 1 is 1.63 bits per heavy atom. The van der Waals surface area contributed by atoms with E-state index < -0.39 is 12.0 Å². The van der Waals surface area contributed by atoms with Crippen LogP contribution in [0.5, 0.6) is 0 Å². The van der Waals surface area contributed by atoms with E-state index in [1.807, 2.05) is 6.07 Å². The van der Waals surface area contributed by atoms with Crippen LogP contribution in [0.3, 0.4) is 0 Å². The summed E-state index contributed by atoms with van der Waals surface area (Å²) in [6, 6.07) is 1.29. The molecule has 2 rings (SSSR count). The van der Waals surface area contributed by atoms with Gasteiger partial charge in [-0.2, -0.15) is 0 Å². The average molecular weight is 277 g/mol. The molecule has 19 heavy (non-hydrogen) atoms. The van der Waals surface area contributed by atoms with Crippen molar-refractivity contribution in [3.05, 3.63) is 29.9 Å². The molecule has 0 aliphatic heterocycles. The Balaban J connectivity index is 2.35. The topological polar surface area (TPSA) is 75.1 Å². The number of carboxylic acid groups (broad SMARTS) is 1. The highest BCUT2D eigenvalue weighted by Gasteiger charge is 2.18. The van der Waals surface area contributed by atoms with Crippen molar-refractivity contribution in [1.29, 1.82) is 0 Å². The van der Waals surface area contributed by atoms with Crippen molar-refractivity contribution >= 4 is 33.3 Å². The van der Waals surface area contributed by atoms with Crippen molar-refractivity contribution in [2.45, 2.75) is 25.8 Å². The second-order valence-corrected chi connectivity index (χ2v) is 5.18. The van der Waals surface area contributed by atoms with E-state index in [2.05, 4.69) is 28.8 Å². The molecule has 0 aliphatic carbocycles. The molecular weight excluding hydrogens is 262 g/mol. The molecule has 6 heteroatoms. The van der Waals surface area contributed by atoms with Gasteiger partial charge in [-0.25, -0.2) is 14.8 Å². The average Bonchev–Trinajstić information content (AvgIpc) is 2.82. The minimum absolute atomic E-state index is 0.339. The van der Waals surface area contributed by atoms with Gasteiger partial charge in [-0.15, -0.1) is 17.9 Å². The molecule has 1 atom stereocenters. The fourth-order valence-electron chi connectivity index (χ4n) is 1.75. The number of nitrogens with zero attached hydrogens (tertiary/aromatic N) is 2. The zero-order valence-electron chi connectivity index (χ0n) is 10.6. The Labute approximate surface area is 115 Å². The van der Waals surface area contributed by atoms with Crippen LogP contribution in [0.15, 0.2) is 25.0 Å². The minimum Gasteiger partial charge on any atom is -0.480 e. The lowest BCUT2D eigenvalue weighted by Gasteiger charge is -2.13. The van der Waals surface area contributed by atoms with E-state index in [4.69, 9.17) is 5.11 Å². The molecule has 0 radical (unpaired) electrons. The van der Waals surface area contributed by atoms with Crippen LogP contribution in [0.2, 0.25) is 0 Å². The lowest BCUT2D eigenvalue weighted by atomic mass is 10.2. The molecule has 2 aromatic rings. The highest BCUT2D eigenvalue weighted by Crippen LogP contribution is 2.28. The van der Waals surface area contributed by atoms with E-state index in [9.17, 15) is 4.79 Å². The Bertz CT molecular complexity index is 609. The maximum atomic E-state index is 11.1. The Morgan fingerprint density at radius 2 is 2.42 bits per heavy atom. The number of aliphatic carboxylic acids is 1. The van der Waals surface area contributed by atoms with Crippen molar-refractivity contribution in [3.63, 3.8) is 0 Å². The zero-order chi connectivity index (χ0) is 13.8. The third-order valence-electron chi connectivity index (χ3n) is 2.74. The Kier molecular flexibility index (Phi) is 4.11. The number of nitrogens with one attached hydrogen (secondary N) is 1. The van der Waals surface area contributed by atoms with Crippen molar-refractivity contribution in [2.24, 2.45) is 0 Å². The van der Waals surface area contributed by atoms with Gasteiger partial charge in [0.25, 0.3) is 0 Å². The third-order valence-corrected chi connectivity index (χ3v) is 3.93. The van der Waals surface area contributed by atoms with Crippen LogP contribution < -0.4 is 5.32 Å². The zero-order valence-corrected chi connectivity index (χ0v) is 11.4. The molecule has 0 aliphatic rings. The highest BCUT2D eigenvalue weighted by atomic mass is 32.1. The molecule has 1 unspecified atom stereocenters. The number of rotatable bonds is 6. The fourth-order valence-corrected chi connectivity index (χ4v) is 2.68. The molecule has 100 valence electrons.